The number of nitrogen functional groups attached to an aromatic ring is 1. The largest absolute Gasteiger partial charge is 0.380 e. The van der Waals surface area contributed by atoms with Crippen LogP contribution in [0, 0.1) is 17.5 Å². The molecular weight excluding hydrogens is 281 g/mol. The fourth-order valence-corrected chi connectivity index (χ4v) is 2.11. The lowest BCUT2D eigenvalue weighted by molar-refractivity contribution is 0.430. The molecule has 106 valence electrons. The molecule has 1 aromatic heterocycles. The van der Waals surface area contributed by atoms with Crippen LogP contribution in [-0.4, -0.2) is 5.16 Å². The Balaban J connectivity index is 2.31. The lowest BCUT2D eigenvalue weighted by Crippen LogP contribution is -1.94. The van der Waals surface area contributed by atoms with Crippen LogP contribution in [0.1, 0.15) is 0 Å². The first kappa shape index (κ1) is 13.2. The van der Waals surface area contributed by atoms with Crippen LogP contribution in [0.5, 0.6) is 0 Å². The Hall–Kier alpha value is -2.76. The smallest absolute Gasteiger partial charge is 0.182 e. The van der Waals surface area contributed by atoms with Crippen LogP contribution < -0.4 is 5.73 Å². The van der Waals surface area contributed by atoms with Crippen molar-refractivity contribution in [1.82, 2.24) is 5.16 Å². The maximum absolute atomic E-state index is 13.9. The zero-order chi connectivity index (χ0) is 15.0. The predicted molar refractivity (Wildman–Crippen MR) is 71.7 cm³/mol. The number of hydrogen-bond acceptors (Lipinski definition) is 3. The van der Waals surface area contributed by atoms with Gasteiger partial charge in [0.05, 0.1) is 11.1 Å². The van der Waals surface area contributed by atoms with Gasteiger partial charge in [-0.05, 0) is 18.2 Å². The van der Waals surface area contributed by atoms with Gasteiger partial charge in [0.25, 0.3) is 0 Å². The standard InChI is InChI=1S/C15H9F3N2O/c16-9-5-2-1-4-8(9)12-14(21-20-15(12)19)13-10(17)6-3-7-11(13)18/h1-7H,(H2,19,20). The molecule has 1 heterocycles. The minimum atomic E-state index is -0.844. The molecule has 3 rings (SSSR count). The SMILES string of the molecule is Nc1noc(-c2c(F)cccc2F)c1-c1ccccc1F. The van der Waals surface area contributed by atoms with Gasteiger partial charge in [-0.25, -0.2) is 13.2 Å². The Kier molecular flexibility index (Phi) is 3.13. The molecule has 0 amide bonds. The first-order chi connectivity index (χ1) is 10.1. The van der Waals surface area contributed by atoms with Gasteiger partial charge in [-0.2, -0.15) is 0 Å². The maximum atomic E-state index is 13.9. The Morgan fingerprint density at radius 1 is 0.810 bits per heavy atom. The molecule has 3 nitrogen and oxygen atoms in total. The van der Waals surface area contributed by atoms with E-state index in [2.05, 4.69) is 5.16 Å². The zero-order valence-electron chi connectivity index (χ0n) is 10.6. The summed E-state index contributed by atoms with van der Waals surface area (Å²) in [6.07, 6.45) is 0. The average molecular weight is 290 g/mol. The first-order valence-electron chi connectivity index (χ1n) is 6.04. The van der Waals surface area contributed by atoms with E-state index in [1.165, 1.54) is 24.3 Å². The zero-order valence-corrected chi connectivity index (χ0v) is 10.6. The van der Waals surface area contributed by atoms with Gasteiger partial charge in [0.15, 0.2) is 11.6 Å². The Morgan fingerprint density at radius 2 is 1.43 bits per heavy atom. The molecule has 0 aliphatic carbocycles. The van der Waals surface area contributed by atoms with Gasteiger partial charge in [0.1, 0.15) is 17.5 Å². The third-order valence-electron chi connectivity index (χ3n) is 3.05. The van der Waals surface area contributed by atoms with E-state index >= 15 is 0 Å². The summed E-state index contributed by atoms with van der Waals surface area (Å²) in [6, 6.07) is 9.07. The third kappa shape index (κ3) is 2.14. The van der Waals surface area contributed by atoms with E-state index < -0.39 is 23.0 Å². The van der Waals surface area contributed by atoms with Gasteiger partial charge >= 0.3 is 0 Å². The fraction of sp³-hybridized carbons (Fsp3) is 0. The van der Waals surface area contributed by atoms with Crippen molar-refractivity contribution in [3.8, 4) is 22.5 Å². The van der Waals surface area contributed by atoms with E-state index in [4.69, 9.17) is 10.3 Å². The number of hydrogen-bond donors (Lipinski definition) is 1. The molecule has 0 bridgehead atoms. The molecule has 0 atom stereocenters. The van der Waals surface area contributed by atoms with E-state index in [1.807, 2.05) is 0 Å². The molecule has 0 radical (unpaired) electrons. The second-order valence-corrected chi connectivity index (χ2v) is 4.35. The minimum Gasteiger partial charge on any atom is -0.380 e. The van der Waals surface area contributed by atoms with Crippen LogP contribution in [0.15, 0.2) is 47.0 Å². The van der Waals surface area contributed by atoms with E-state index in [1.54, 1.807) is 6.07 Å². The lowest BCUT2D eigenvalue weighted by atomic mass is 10.0. The lowest BCUT2D eigenvalue weighted by Gasteiger charge is -2.05. The van der Waals surface area contributed by atoms with E-state index in [-0.39, 0.29) is 22.7 Å². The van der Waals surface area contributed by atoms with Crippen molar-refractivity contribution < 1.29 is 17.7 Å². The molecular formula is C15H9F3N2O. The van der Waals surface area contributed by atoms with Crippen molar-refractivity contribution in [2.24, 2.45) is 0 Å². The number of aromatic nitrogens is 1. The summed E-state index contributed by atoms with van der Waals surface area (Å²) in [5.74, 6) is -2.66. The number of rotatable bonds is 2. The van der Waals surface area contributed by atoms with Crippen molar-refractivity contribution in [3.63, 3.8) is 0 Å². The second kappa shape index (κ2) is 4.97. The van der Waals surface area contributed by atoms with Crippen molar-refractivity contribution in [2.75, 3.05) is 5.73 Å². The summed E-state index contributed by atoms with van der Waals surface area (Å²) in [7, 11) is 0. The molecule has 0 spiro atoms. The number of halogens is 3. The van der Waals surface area contributed by atoms with Gasteiger partial charge in [0, 0.05) is 5.56 Å². The van der Waals surface area contributed by atoms with Gasteiger partial charge < -0.3 is 10.3 Å². The van der Waals surface area contributed by atoms with Crippen LogP contribution in [-0.2, 0) is 0 Å². The molecule has 0 fully saturated rings. The Labute approximate surface area is 117 Å². The normalized spacial score (nSPS) is 10.8. The predicted octanol–water partition coefficient (Wildman–Crippen LogP) is 4.01. The highest BCUT2D eigenvalue weighted by atomic mass is 19.1. The van der Waals surface area contributed by atoms with Gasteiger partial charge in [-0.15, -0.1) is 0 Å². The van der Waals surface area contributed by atoms with Crippen LogP contribution >= 0.6 is 0 Å². The molecule has 3 aromatic rings. The van der Waals surface area contributed by atoms with Crippen LogP contribution in [0.25, 0.3) is 22.5 Å². The summed E-state index contributed by atoms with van der Waals surface area (Å²) in [6.45, 7) is 0. The highest BCUT2D eigenvalue weighted by Gasteiger charge is 2.24. The molecule has 2 N–H and O–H groups in total. The number of nitrogens with two attached hydrogens (primary N) is 1. The molecule has 21 heavy (non-hydrogen) atoms. The third-order valence-corrected chi connectivity index (χ3v) is 3.05. The van der Waals surface area contributed by atoms with Crippen LogP contribution in [0.2, 0.25) is 0 Å². The van der Waals surface area contributed by atoms with Gasteiger partial charge in [-0.3, -0.25) is 0 Å². The number of anilines is 1. The van der Waals surface area contributed by atoms with Crippen molar-refractivity contribution in [1.29, 1.82) is 0 Å². The highest BCUT2D eigenvalue weighted by Crippen LogP contribution is 2.39. The number of nitrogens with zero attached hydrogens (tertiary/aromatic N) is 1. The summed E-state index contributed by atoms with van der Waals surface area (Å²) in [4.78, 5) is 0. The van der Waals surface area contributed by atoms with E-state index in [9.17, 15) is 13.2 Å². The van der Waals surface area contributed by atoms with E-state index in [0.717, 1.165) is 12.1 Å². The fourth-order valence-electron chi connectivity index (χ4n) is 2.11. The summed E-state index contributed by atoms with van der Waals surface area (Å²) in [5.41, 5.74) is 5.32. The summed E-state index contributed by atoms with van der Waals surface area (Å²) >= 11 is 0. The van der Waals surface area contributed by atoms with Crippen LogP contribution in [0.3, 0.4) is 0 Å². The number of benzene rings is 2. The summed E-state index contributed by atoms with van der Waals surface area (Å²) < 4.78 is 46.6. The molecule has 0 aliphatic rings. The van der Waals surface area contributed by atoms with Crippen molar-refractivity contribution in [3.05, 3.63) is 59.9 Å². The minimum absolute atomic E-state index is 0.0251. The van der Waals surface area contributed by atoms with Gasteiger partial charge in [0.2, 0.25) is 0 Å². The van der Waals surface area contributed by atoms with Gasteiger partial charge in [-0.1, -0.05) is 29.4 Å². The molecule has 0 unspecified atom stereocenters. The molecule has 0 aliphatic heterocycles. The maximum Gasteiger partial charge on any atom is 0.182 e. The molecule has 6 heteroatoms. The molecule has 0 saturated carbocycles. The molecule has 2 aromatic carbocycles. The second-order valence-electron chi connectivity index (χ2n) is 4.35. The van der Waals surface area contributed by atoms with Crippen molar-refractivity contribution in [2.45, 2.75) is 0 Å². The highest BCUT2D eigenvalue weighted by molar-refractivity contribution is 5.87. The van der Waals surface area contributed by atoms with Crippen molar-refractivity contribution >= 4 is 5.82 Å². The first-order valence-corrected chi connectivity index (χ1v) is 6.04. The average Bonchev–Trinajstić information content (AvgIpc) is 2.81. The quantitative estimate of drug-likeness (QED) is 0.776. The summed E-state index contributed by atoms with van der Waals surface area (Å²) in [5, 5.41) is 3.50. The topological polar surface area (TPSA) is 52.0 Å². The molecule has 0 saturated heterocycles. The monoisotopic (exact) mass is 290 g/mol. The Bertz CT molecular complexity index is 794. The van der Waals surface area contributed by atoms with Crippen LogP contribution in [0.4, 0.5) is 19.0 Å². The Morgan fingerprint density at radius 3 is 2.10 bits per heavy atom. The van der Waals surface area contributed by atoms with E-state index in [0.29, 0.717) is 0 Å².